The van der Waals surface area contributed by atoms with E-state index in [9.17, 15) is 4.39 Å². The summed E-state index contributed by atoms with van der Waals surface area (Å²) in [4.78, 5) is 0. The first-order valence-electron chi connectivity index (χ1n) is 7.34. The van der Waals surface area contributed by atoms with Crippen LogP contribution >= 0.6 is 15.9 Å². The largest absolute Gasteiger partial charge is 0.310 e. The third-order valence-electron chi connectivity index (χ3n) is 4.24. The van der Waals surface area contributed by atoms with E-state index >= 15 is 0 Å². The highest BCUT2D eigenvalue weighted by atomic mass is 79.9. The van der Waals surface area contributed by atoms with Crippen LogP contribution in [0.3, 0.4) is 0 Å². The molecule has 19 heavy (non-hydrogen) atoms. The molecule has 1 aliphatic rings. The monoisotopic (exact) mass is 327 g/mol. The van der Waals surface area contributed by atoms with Gasteiger partial charge in [0.05, 0.1) is 0 Å². The minimum Gasteiger partial charge on any atom is -0.310 e. The van der Waals surface area contributed by atoms with Crippen LogP contribution in [0.15, 0.2) is 22.7 Å². The van der Waals surface area contributed by atoms with Gasteiger partial charge in [-0.05, 0) is 43.4 Å². The summed E-state index contributed by atoms with van der Waals surface area (Å²) in [7, 11) is 0. The molecule has 0 radical (unpaired) electrons. The Hall–Kier alpha value is -0.410. The van der Waals surface area contributed by atoms with Crippen LogP contribution in [-0.2, 0) is 6.54 Å². The van der Waals surface area contributed by atoms with E-state index < -0.39 is 0 Å². The Labute approximate surface area is 124 Å². The Kier molecular flexibility index (Phi) is 5.83. The standard InChI is InChI=1S/C16H23BrFN/c1-12(13-6-4-2-3-5-7-13)19-11-14-8-9-15(18)10-16(14)17/h8-10,12-13,19H,2-7,11H2,1H3/t12-/m0/s1. The van der Waals surface area contributed by atoms with Gasteiger partial charge in [-0.2, -0.15) is 0 Å². The molecule has 1 fully saturated rings. The quantitative estimate of drug-likeness (QED) is 0.764. The second-order valence-corrected chi connectivity index (χ2v) is 6.51. The lowest BCUT2D eigenvalue weighted by molar-refractivity contribution is 0.336. The maximum atomic E-state index is 13.0. The predicted molar refractivity (Wildman–Crippen MR) is 81.6 cm³/mol. The van der Waals surface area contributed by atoms with Crippen LogP contribution in [0.5, 0.6) is 0 Å². The van der Waals surface area contributed by atoms with Crippen LogP contribution in [0.4, 0.5) is 4.39 Å². The first-order chi connectivity index (χ1) is 9.16. The number of nitrogens with one attached hydrogen (secondary N) is 1. The Balaban J connectivity index is 1.86. The van der Waals surface area contributed by atoms with Gasteiger partial charge in [0, 0.05) is 17.1 Å². The highest BCUT2D eigenvalue weighted by molar-refractivity contribution is 9.10. The summed E-state index contributed by atoms with van der Waals surface area (Å²) in [6, 6.07) is 5.45. The SMILES string of the molecule is C[C@H](NCc1ccc(F)cc1Br)C1CCCCCC1. The zero-order valence-electron chi connectivity index (χ0n) is 11.6. The van der Waals surface area contributed by atoms with Gasteiger partial charge in [-0.1, -0.05) is 47.7 Å². The van der Waals surface area contributed by atoms with Crippen molar-refractivity contribution in [2.75, 3.05) is 0 Å². The number of halogens is 2. The fraction of sp³-hybridized carbons (Fsp3) is 0.625. The first-order valence-corrected chi connectivity index (χ1v) is 8.13. The van der Waals surface area contributed by atoms with Gasteiger partial charge in [-0.15, -0.1) is 0 Å². The van der Waals surface area contributed by atoms with Crippen molar-refractivity contribution in [2.45, 2.75) is 58.0 Å². The minimum absolute atomic E-state index is 0.188. The molecule has 1 N–H and O–H groups in total. The molecule has 3 heteroatoms. The number of rotatable bonds is 4. The highest BCUT2D eigenvalue weighted by Gasteiger charge is 2.18. The molecule has 1 saturated carbocycles. The van der Waals surface area contributed by atoms with E-state index in [1.807, 2.05) is 6.07 Å². The average molecular weight is 328 g/mol. The molecule has 1 aromatic carbocycles. The molecule has 0 amide bonds. The zero-order chi connectivity index (χ0) is 13.7. The molecule has 0 heterocycles. The Morgan fingerprint density at radius 3 is 2.58 bits per heavy atom. The number of hydrogen-bond acceptors (Lipinski definition) is 1. The summed E-state index contributed by atoms with van der Waals surface area (Å²) < 4.78 is 13.9. The smallest absolute Gasteiger partial charge is 0.124 e. The van der Waals surface area contributed by atoms with Crippen molar-refractivity contribution in [1.82, 2.24) is 5.32 Å². The predicted octanol–water partition coefficient (Wildman–Crippen LogP) is 5.04. The topological polar surface area (TPSA) is 12.0 Å². The van der Waals surface area contributed by atoms with E-state index in [4.69, 9.17) is 0 Å². The van der Waals surface area contributed by atoms with Crippen molar-refractivity contribution in [3.05, 3.63) is 34.1 Å². The zero-order valence-corrected chi connectivity index (χ0v) is 13.2. The Bertz CT molecular complexity index is 400. The van der Waals surface area contributed by atoms with Gasteiger partial charge in [0.1, 0.15) is 5.82 Å². The van der Waals surface area contributed by atoms with Crippen LogP contribution < -0.4 is 5.32 Å². The molecule has 1 aliphatic carbocycles. The Morgan fingerprint density at radius 1 is 1.26 bits per heavy atom. The lowest BCUT2D eigenvalue weighted by Gasteiger charge is -2.24. The van der Waals surface area contributed by atoms with E-state index in [0.717, 1.165) is 22.5 Å². The van der Waals surface area contributed by atoms with Gasteiger partial charge >= 0.3 is 0 Å². The second-order valence-electron chi connectivity index (χ2n) is 5.66. The summed E-state index contributed by atoms with van der Waals surface area (Å²) >= 11 is 3.43. The first kappa shape index (κ1) is 15.0. The summed E-state index contributed by atoms with van der Waals surface area (Å²) in [5, 5.41) is 3.60. The van der Waals surface area contributed by atoms with Crippen LogP contribution in [0, 0.1) is 11.7 Å². The van der Waals surface area contributed by atoms with Gasteiger partial charge < -0.3 is 5.32 Å². The van der Waals surface area contributed by atoms with Crippen LogP contribution in [0.1, 0.15) is 51.0 Å². The summed E-state index contributed by atoms with van der Waals surface area (Å²) in [6.45, 7) is 3.09. The lowest BCUT2D eigenvalue weighted by Crippen LogP contribution is -2.33. The molecule has 0 saturated heterocycles. The molecule has 0 bridgehead atoms. The summed E-state index contributed by atoms with van der Waals surface area (Å²) in [5.74, 6) is 0.606. The Morgan fingerprint density at radius 2 is 1.95 bits per heavy atom. The molecular formula is C16H23BrFN. The molecular weight excluding hydrogens is 305 g/mol. The molecule has 0 unspecified atom stereocenters. The van der Waals surface area contributed by atoms with Gasteiger partial charge in [0.25, 0.3) is 0 Å². The van der Waals surface area contributed by atoms with Crippen molar-refractivity contribution < 1.29 is 4.39 Å². The third kappa shape index (κ3) is 4.57. The third-order valence-corrected chi connectivity index (χ3v) is 4.97. The van der Waals surface area contributed by atoms with E-state index in [1.165, 1.54) is 50.7 Å². The van der Waals surface area contributed by atoms with Crippen molar-refractivity contribution >= 4 is 15.9 Å². The van der Waals surface area contributed by atoms with E-state index in [-0.39, 0.29) is 5.82 Å². The molecule has 0 spiro atoms. The normalized spacial score (nSPS) is 19.1. The van der Waals surface area contributed by atoms with E-state index in [0.29, 0.717) is 6.04 Å². The molecule has 0 aromatic heterocycles. The van der Waals surface area contributed by atoms with Crippen LogP contribution in [0.25, 0.3) is 0 Å². The minimum atomic E-state index is -0.188. The summed E-state index contributed by atoms with van der Waals surface area (Å²) in [6.07, 6.45) is 8.23. The van der Waals surface area contributed by atoms with Gasteiger partial charge in [-0.3, -0.25) is 0 Å². The average Bonchev–Trinajstić information content (AvgIpc) is 2.66. The molecule has 1 aromatic rings. The van der Waals surface area contributed by atoms with E-state index in [1.54, 1.807) is 0 Å². The fourth-order valence-corrected chi connectivity index (χ4v) is 3.40. The number of hydrogen-bond donors (Lipinski definition) is 1. The van der Waals surface area contributed by atoms with Gasteiger partial charge in [0.15, 0.2) is 0 Å². The van der Waals surface area contributed by atoms with Gasteiger partial charge in [0.2, 0.25) is 0 Å². The molecule has 1 atom stereocenters. The van der Waals surface area contributed by atoms with Gasteiger partial charge in [-0.25, -0.2) is 4.39 Å². The molecule has 1 nitrogen and oxygen atoms in total. The lowest BCUT2D eigenvalue weighted by atomic mass is 9.93. The molecule has 106 valence electrons. The van der Waals surface area contributed by atoms with Crippen molar-refractivity contribution in [3.63, 3.8) is 0 Å². The highest BCUT2D eigenvalue weighted by Crippen LogP contribution is 2.26. The summed E-state index contributed by atoms with van der Waals surface area (Å²) in [5.41, 5.74) is 1.13. The molecule has 0 aliphatic heterocycles. The molecule has 2 rings (SSSR count). The van der Waals surface area contributed by atoms with Crippen LogP contribution in [-0.4, -0.2) is 6.04 Å². The maximum absolute atomic E-state index is 13.0. The number of benzene rings is 1. The van der Waals surface area contributed by atoms with Crippen molar-refractivity contribution in [1.29, 1.82) is 0 Å². The van der Waals surface area contributed by atoms with Crippen molar-refractivity contribution in [2.24, 2.45) is 5.92 Å². The maximum Gasteiger partial charge on any atom is 0.124 e. The van der Waals surface area contributed by atoms with Crippen molar-refractivity contribution in [3.8, 4) is 0 Å². The second kappa shape index (κ2) is 7.39. The fourth-order valence-electron chi connectivity index (χ4n) is 2.91. The van der Waals surface area contributed by atoms with E-state index in [2.05, 4.69) is 28.2 Å². The van der Waals surface area contributed by atoms with Crippen LogP contribution in [0.2, 0.25) is 0 Å².